The molecule has 0 unspecified atom stereocenters. The van der Waals surface area contributed by atoms with Gasteiger partial charge in [-0.15, -0.1) is 0 Å². The van der Waals surface area contributed by atoms with Crippen molar-refractivity contribution in [2.75, 3.05) is 25.9 Å². The number of rotatable bonds is 8. The fraction of sp³-hybridized carbons (Fsp3) is 0.538. The predicted molar refractivity (Wildman–Crippen MR) is 82.6 cm³/mol. The van der Waals surface area contributed by atoms with Gasteiger partial charge in [-0.3, -0.25) is 0 Å². The Morgan fingerprint density at radius 2 is 1.89 bits per heavy atom. The summed E-state index contributed by atoms with van der Waals surface area (Å²) in [4.78, 5) is 0. The van der Waals surface area contributed by atoms with Crippen LogP contribution in [0.3, 0.4) is 0 Å². The Kier molecular flexibility index (Phi) is 6.99. The number of benzene rings is 1. The minimum Gasteiger partial charge on any atom is -0.313 e. The van der Waals surface area contributed by atoms with Gasteiger partial charge < -0.3 is 5.32 Å². The summed E-state index contributed by atoms with van der Waals surface area (Å²) in [5.74, 6) is 0. The summed E-state index contributed by atoms with van der Waals surface area (Å²) >= 11 is 3.40. The van der Waals surface area contributed by atoms with Gasteiger partial charge in [0.05, 0.1) is 6.26 Å². The third-order valence-electron chi connectivity index (χ3n) is 2.83. The first-order valence-corrected chi connectivity index (χ1v) is 8.98. The smallest absolute Gasteiger partial charge is 0.211 e. The van der Waals surface area contributed by atoms with E-state index in [9.17, 15) is 8.42 Å². The van der Waals surface area contributed by atoms with Gasteiger partial charge in [-0.1, -0.05) is 35.0 Å². The molecular formula is C13H21BrN2O2S. The molecule has 108 valence electrons. The van der Waals surface area contributed by atoms with Crippen molar-refractivity contribution in [3.63, 3.8) is 0 Å². The number of halogens is 1. The van der Waals surface area contributed by atoms with E-state index in [1.54, 1.807) is 0 Å². The largest absolute Gasteiger partial charge is 0.313 e. The van der Waals surface area contributed by atoms with Crippen molar-refractivity contribution >= 4 is 26.0 Å². The van der Waals surface area contributed by atoms with Crippen LogP contribution < -0.4 is 5.32 Å². The molecule has 0 saturated heterocycles. The van der Waals surface area contributed by atoms with Crippen LogP contribution in [0.25, 0.3) is 0 Å². The number of hydrogen-bond donors (Lipinski definition) is 1. The van der Waals surface area contributed by atoms with Gasteiger partial charge in [0.1, 0.15) is 0 Å². The van der Waals surface area contributed by atoms with Crippen LogP contribution in [0.1, 0.15) is 18.9 Å². The molecule has 0 radical (unpaired) electrons. The molecule has 0 spiro atoms. The van der Waals surface area contributed by atoms with Gasteiger partial charge >= 0.3 is 0 Å². The summed E-state index contributed by atoms with van der Waals surface area (Å²) in [6.07, 6.45) is 2.07. The fourth-order valence-electron chi connectivity index (χ4n) is 1.77. The van der Waals surface area contributed by atoms with Crippen molar-refractivity contribution in [1.29, 1.82) is 0 Å². The average Bonchev–Trinajstić information content (AvgIpc) is 2.34. The lowest BCUT2D eigenvalue weighted by atomic mass is 10.2. The molecular weight excluding hydrogens is 328 g/mol. The first kappa shape index (κ1) is 16.6. The SMILES string of the molecule is CCN(CCCNCc1ccc(Br)cc1)S(C)(=O)=O. The zero-order valence-corrected chi connectivity index (χ0v) is 13.8. The second-order valence-corrected chi connectivity index (χ2v) is 7.31. The molecule has 4 nitrogen and oxygen atoms in total. The molecule has 1 aromatic carbocycles. The first-order valence-electron chi connectivity index (χ1n) is 6.33. The number of hydrogen-bond acceptors (Lipinski definition) is 3. The Morgan fingerprint density at radius 3 is 2.42 bits per heavy atom. The maximum atomic E-state index is 11.4. The van der Waals surface area contributed by atoms with E-state index in [-0.39, 0.29) is 0 Å². The summed E-state index contributed by atoms with van der Waals surface area (Å²) in [7, 11) is -3.06. The Balaban J connectivity index is 2.22. The quantitative estimate of drug-likeness (QED) is 0.732. The van der Waals surface area contributed by atoms with E-state index in [4.69, 9.17) is 0 Å². The fourth-order valence-corrected chi connectivity index (χ4v) is 2.97. The maximum Gasteiger partial charge on any atom is 0.211 e. The van der Waals surface area contributed by atoms with E-state index in [0.29, 0.717) is 13.1 Å². The van der Waals surface area contributed by atoms with Crippen LogP contribution >= 0.6 is 15.9 Å². The predicted octanol–water partition coefficient (Wildman–Crippen LogP) is 2.21. The van der Waals surface area contributed by atoms with Gasteiger partial charge in [0.2, 0.25) is 10.0 Å². The monoisotopic (exact) mass is 348 g/mol. The van der Waals surface area contributed by atoms with Gasteiger partial charge in [-0.2, -0.15) is 0 Å². The van der Waals surface area contributed by atoms with Gasteiger partial charge in [-0.25, -0.2) is 12.7 Å². The molecule has 1 N–H and O–H groups in total. The minimum atomic E-state index is -3.06. The van der Waals surface area contributed by atoms with E-state index in [1.807, 2.05) is 19.1 Å². The standard InChI is InChI=1S/C13H21BrN2O2S/c1-3-16(19(2,17)18)10-4-9-15-11-12-5-7-13(14)8-6-12/h5-8,15H,3-4,9-11H2,1-2H3. The van der Waals surface area contributed by atoms with Crippen molar-refractivity contribution in [2.45, 2.75) is 19.9 Å². The first-order chi connectivity index (χ1) is 8.93. The van der Waals surface area contributed by atoms with Crippen LogP contribution in [0.5, 0.6) is 0 Å². The average molecular weight is 349 g/mol. The Hall–Kier alpha value is -0.430. The molecule has 1 aromatic rings. The van der Waals surface area contributed by atoms with E-state index < -0.39 is 10.0 Å². The van der Waals surface area contributed by atoms with E-state index in [1.165, 1.54) is 16.1 Å². The topological polar surface area (TPSA) is 49.4 Å². The Bertz CT molecular complexity index is 474. The van der Waals surface area contributed by atoms with E-state index in [0.717, 1.165) is 24.0 Å². The summed E-state index contributed by atoms with van der Waals surface area (Å²) in [5.41, 5.74) is 1.22. The Labute approximate surface area is 124 Å². The minimum absolute atomic E-state index is 0.533. The van der Waals surface area contributed by atoms with Gasteiger partial charge in [0.25, 0.3) is 0 Å². The van der Waals surface area contributed by atoms with E-state index in [2.05, 4.69) is 33.4 Å². The van der Waals surface area contributed by atoms with Crippen molar-refractivity contribution in [2.24, 2.45) is 0 Å². The van der Waals surface area contributed by atoms with Crippen molar-refractivity contribution < 1.29 is 8.42 Å². The van der Waals surface area contributed by atoms with Crippen molar-refractivity contribution in [3.05, 3.63) is 34.3 Å². The highest BCUT2D eigenvalue weighted by Crippen LogP contribution is 2.10. The van der Waals surface area contributed by atoms with Crippen LogP contribution in [0.4, 0.5) is 0 Å². The second kappa shape index (κ2) is 7.99. The van der Waals surface area contributed by atoms with Crippen LogP contribution in [-0.4, -0.2) is 38.6 Å². The molecule has 0 bridgehead atoms. The highest BCUT2D eigenvalue weighted by atomic mass is 79.9. The number of nitrogens with zero attached hydrogens (tertiary/aromatic N) is 1. The molecule has 0 amide bonds. The highest BCUT2D eigenvalue weighted by molar-refractivity contribution is 9.10. The van der Waals surface area contributed by atoms with Gasteiger partial charge in [0, 0.05) is 24.1 Å². The lowest BCUT2D eigenvalue weighted by Gasteiger charge is -2.17. The molecule has 0 aliphatic heterocycles. The molecule has 6 heteroatoms. The zero-order chi connectivity index (χ0) is 14.3. The van der Waals surface area contributed by atoms with Crippen LogP contribution in [0.2, 0.25) is 0 Å². The van der Waals surface area contributed by atoms with Crippen LogP contribution in [-0.2, 0) is 16.6 Å². The van der Waals surface area contributed by atoms with Gasteiger partial charge in [0.15, 0.2) is 0 Å². The lowest BCUT2D eigenvalue weighted by molar-refractivity contribution is 0.419. The van der Waals surface area contributed by atoms with E-state index >= 15 is 0 Å². The highest BCUT2D eigenvalue weighted by Gasteiger charge is 2.12. The molecule has 0 aliphatic rings. The maximum absolute atomic E-state index is 11.4. The summed E-state index contributed by atoms with van der Waals surface area (Å²) in [6, 6.07) is 8.15. The molecule has 1 rings (SSSR count). The molecule has 0 heterocycles. The molecule has 0 saturated carbocycles. The number of nitrogens with one attached hydrogen (secondary N) is 1. The van der Waals surface area contributed by atoms with Crippen LogP contribution in [0, 0.1) is 0 Å². The molecule has 0 atom stereocenters. The van der Waals surface area contributed by atoms with Gasteiger partial charge in [-0.05, 0) is 30.7 Å². The van der Waals surface area contributed by atoms with Crippen molar-refractivity contribution in [3.8, 4) is 0 Å². The zero-order valence-electron chi connectivity index (χ0n) is 11.4. The number of sulfonamides is 1. The van der Waals surface area contributed by atoms with Crippen molar-refractivity contribution in [1.82, 2.24) is 9.62 Å². The Morgan fingerprint density at radius 1 is 1.26 bits per heavy atom. The summed E-state index contributed by atoms with van der Waals surface area (Å²) < 4.78 is 25.3. The molecule has 0 aromatic heterocycles. The third kappa shape index (κ3) is 6.51. The summed E-state index contributed by atoms with van der Waals surface area (Å²) in [5, 5.41) is 3.32. The molecule has 19 heavy (non-hydrogen) atoms. The molecule has 0 fully saturated rings. The molecule has 0 aliphatic carbocycles. The second-order valence-electron chi connectivity index (χ2n) is 4.41. The normalized spacial score (nSPS) is 12.0. The third-order valence-corrected chi connectivity index (χ3v) is 4.73. The summed E-state index contributed by atoms with van der Waals surface area (Å²) in [6.45, 7) is 4.57. The van der Waals surface area contributed by atoms with Crippen LogP contribution in [0.15, 0.2) is 28.7 Å². The lowest BCUT2D eigenvalue weighted by Crippen LogP contribution is -2.32.